The summed E-state index contributed by atoms with van der Waals surface area (Å²) in [6.45, 7) is 6.01. The first-order chi connectivity index (χ1) is 14.6. The summed E-state index contributed by atoms with van der Waals surface area (Å²) in [4.78, 5) is 11.4. The summed E-state index contributed by atoms with van der Waals surface area (Å²) in [5.74, 6) is 1.66. The minimum Gasteiger partial charge on any atom is -0.438 e. The van der Waals surface area contributed by atoms with Crippen molar-refractivity contribution < 1.29 is 13.2 Å². The Kier molecular flexibility index (Phi) is 6.80. The van der Waals surface area contributed by atoms with E-state index in [4.69, 9.17) is 14.7 Å². The molecule has 7 nitrogen and oxygen atoms in total. The Bertz CT molecular complexity index is 1180. The number of anilines is 2. The summed E-state index contributed by atoms with van der Waals surface area (Å²) >= 11 is 0. The Balaban J connectivity index is 2.10. The van der Waals surface area contributed by atoms with Crippen molar-refractivity contribution >= 4 is 32.4 Å². The van der Waals surface area contributed by atoms with Gasteiger partial charge < -0.3 is 15.0 Å². The second-order valence-corrected chi connectivity index (χ2v) is 9.67. The molecule has 3 aromatic rings. The lowest BCUT2D eigenvalue weighted by atomic mass is 10.1. The number of nitrogens with one attached hydrogen (secondary N) is 1. The topological polar surface area (TPSA) is 84.4 Å². The van der Waals surface area contributed by atoms with E-state index >= 15 is 0 Å². The molecule has 1 N–H and O–H groups in total. The molecule has 31 heavy (non-hydrogen) atoms. The number of hydrogen-bond donors (Lipinski definition) is 1. The van der Waals surface area contributed by atoms with Crippen molar-refractivity contribution in [3.05, 3.63) is 60.0 Å². The molecule has 0 amide bonds. The number of rotatable bonds is 8. The molecule has 0 aliphatic heterocycles. The maximum atomic E-state index is 11.5. The highest BCUT2D eigenvalue weighted by Gasteiger charge is 2.18. The van der Waals surface area contributed by atoms with Crippen LogP contribution in [-0.4, -0.2) is 43.8 Å². The zero-order valence-corrected chi connectivity index (χ0v) is 19.2. The fraction of sp³-hybridized carbons (Fsp3) is 0.304. The van der Waals surface area contributed by atoms with Gasteiger partial charge in [-0.05, 0) is 45.0 Å². The van der Waals surface area contributed by atoms with Crippen LogP contribution >= 0.6 is 0 Å². The lowest BCUT2D eigenvalue weighted by Crippen LogP contribution is -2.27. The van der Waals surface area contributed by atoms with Crippen molar-refractivity contribution in [2.45, 2.75) is 32.9 Å². The van der Waals surface area contributed by atoms with Gasteiger partial charge in [0.2, 0.25) is 11.8 Å². The Labute approximate surface area is 183 Å². The molecule has 3 rings (SSSR count). The van der Waals surface area contributed by atoms with Gasteiger partial charge in [0.25, 0.3) is 0 Å². The van der Waals surface area contributed by atoms with Crippen LogP contribution in [0.1, 0.15) is 20.8 Å². The van der Waals surface area contributed by atoms with Gasteiger partial charge in [0.1, 0.15) is 5.75 Å². The molecule has 0 unspecified atom stereocenters. The van der Waals surface area contributed by atoms with Crippen molar-refractivity contribution in [1.82, 2.24) is 9.97 Å². The third-order valence-electron chi connectivity index (χ3n) is 4.72. The van der Waals surface area contributed by atoms with E-state index in [1.807, 2.05) is 67.4 Å². The van der Waals surface area contributed by atoms with Crippen LogP contribution in [0.5, 0.6) is 11.6 Å². The number of sulfone groups is 1. The van der Waals surface area contributed by atoms with Crippen LogP contribution in [0.15, 0.2) is 60.0 Å². The molecule has 164 valence electrons. The predicted molar refractivity (Wildman–Crippen MR) is 127 cm³/mol. The van der Waals surface area contributed by atoms with E-state index < -0.39 is 9.84 Å². The first kappa shape index (κ1) is 22.6. The number of aromatic nitrogens is 2. The van der Waals surface area contributed by atoms with Crippen LogP contribution in [0.2, 0.25) is 0 Å². The molecular formula is C23H28N4O3S. The molecule has 1 atom stereocenters. The number of fused-ring (bicyclic) bond motifs is 1. The van der Waals surface area contributed by atoms with Crippen LogP contribution < -0.4 is 15.0 Å². The third kappa shape index (κ3) is 5.95. The van der Waals surface area contributed by atoms with Gasteiger partial charge in [0.15, 0.2) is 9.84 Å². The van der Waals surface area contributed by atoms with E-state index in [0.29, 0.717) is 17.6 Å². The minimum absolute atomic E-state index is 0.212. The molecule has 0 radical (unpaired) electrons. The number of hydrogen-bond acceptors (Lipinski definition) is 7. The molecule has 0 fully saturated rings. The Morgan fingerprint density at radius 1 is 1.03 bits per heavy atom. The number of para-hydroxylation sites is 1. The monoisotopic (exact) mass is 440 g/mol. The predicted octanol–water partition coefficient (Wildman–Crippen LogP) is 4.63. The van der Waals surface area contributed by atoms with E-state index in [9.17, 15) is 8.42 Å². The molecule has 2 aromatic carbocycles. The first-order valence-corrected chi connectivity index (χ1v) is 12.0. The quantitative estimate of drug-likeness (QED) is 0.547. The van der Waals surface area contributed by atoms with Crippen molar-refractivity contribution in [3.8, 4) is 11.6 Å². The van der Waals surface area contributed by atoms with Crippen LogP contribution in [0, 0.1) is 0 Å². The fourth-order valence-electron chi connectivity index (χ4n) is 2.87. The Morgan fingerprint density at radius 3 is 2.39 bits per heavy atom. The van der Waals surface area contributed by atoms with Gasteiger partial charge in [-0.15, -0.1) is 0 Å². The molecule has 1 heterocycles. The zero-order valence-electron chi connectivity index (χ0n) is 18.4. The summed E-state index contributed by atoms with van der Waals surface area (Å²) in [5, 5.41) is 5.26. The normalized spacial score (nSPS) is 13.0. The highest BCUT2D eigenvalue weighted by molar-refractivity contribution is 7.93. The van der Waals surface area contributed by atoms with Crippen LogP contribution in [0.25, 0.3) is 10.9 Å². The average molecular weight is 441 g/mol. The molecule has 0 saturated heterocycles. The second kappa shape index (κ2) is 9.34. The highest BCUT2D eigenvalue weighted by atomic mass is 32.2. The molecule has 0 aliphatic rings. The maximum absolute atomic E-state index is 11.5. The van der Waals surface area contributed by atoms with E-state index in [1.54, 1.807) is 6.08 Å². The van der Waals surface area contributed by atoms with E-state index in [2.05, 4.69) is 19.2 Å². The molecule has 0 saturated carbocycles. The average Bonchev–Trinajstić information content (AvgIpc) is 2.71. The van der Waals surface area contributed by atoms with Gasteiger partial charge in [-0.1, -0.05) is 30.3 Å². The summed E-state index contributed by atoms with van der Waals surface area (Å²) in [7, 11) is -1.26. The summed E-state index contributed by atoms with van der Waals surface area (Å²) < 4.78 is 29.1. The van der Waals surface area contributed by atoms with Crippen LogP contribution in [-0.2, 0) is 9.84 Å². The van der Waals surface area contributed by atoms with Gasteiger partial charge in [-0.3, -0.25) is 0 Å². The Hall–Kier alpha value is -3.13. The van der Waals surface area contributed by atoms with Crippen LogP contribution in [0.4, 0.5) is 11.6 Å². The van der Waals surface area contributed by atoms with E-state index in [-0.39, 0.29) is 12.1 Å². The highest BCUT2D eigenvalue weighted by Crippen LogP contribution is 2.35. The van der Waals surface area contributed by atoms with E-state index in [1.165, 1.54) is 11.7 Å². The second-order valence-electron chi connectivity index (χ2n) is 7.74. The van der Waals surface area contributed by atoms with Crippen molar-refractivity contribution in [2.24, 2.45) is 0 Å². The number of nitrogens with zero attached hydrogens (tertiary/aromatic N) is 3. The van der Waals surface area contributed by atoms with Gasteiger partial charge in [-0.2, -0.15) is 4.98 Å². The lowest BCUT2D eigenvalue weighted by molar-refractivity contribution is 0.467. The Morgan fingerprint density at radius 2 is 1.74 bits per heavy atom. The smallest absolute Gasteiger partial charge is 0.234 e. The van der Waals surface area contributed by atoms with Gasteiger partial charge >= 0.3 is 0 Å². The summed E-state index contributed by atoms with van der Waals surface area (Å²) in [6.07, 6.45) is 2.77. The third-order valence-corrected chi connectivity index (χ3v) is 5.38. The molecule has 0 aliphatic carbocycles. The van der Waals surface area contributed by atoms with Crippen molar-refractivity contribution in [2.75, 3.05) is 23.5 Å². The van der Waals surface area contributed by atoms with Gasteiger partial charge in [0.05, 0.1) is 10.9 Å². The summed E-state index contributed by atoms with van der Waals surface area (Å²) in [5.41, 5.74) is 1.49. The molecule has 8 heteroatoms. The molecule has 1 aromatic heterocycles. The van der Waals surface area contributed by atoms with Gasteiger partial charge in [-0.25, -0.2) is 13.4 Å². The molecular weight excluding hydrogens is 412 g/mol. The SMILES string of the molecule is CC(C)N(C)c1nc(Oc2ccccc2)c2c(N[C@@H](C)/C=C/S(C)(=O)=O)cccc2n1. The van der Waals surface area contributed by atoms with Crippen molar-refractivity contribution in [1.29, 1.82) is 0 Å². The largest absolute Gasteiger partial charge is 0.438 e. The fourth-order valence-corrected chi connectivity index (χ4v) is 3.40. The number of ether oxygens (including phenoxy) is 1. The van der Waals surface area contributed by atoms with Gasteiger partial charge in [0, 0.05) is 36.5 Å². The zero-order chi connectivity index (χ0) is 22.6. The van der Waals surface area contributed by atoms with Crippen LogP contribution in [0.3, 0.4) is 0 Å². The standard InChI is InChI=1S/C23H28N4O3S/c1-16(2)27(4)23-25-20-13-9-12-19(24-17(3)14-15-31(5,28)29)21(20)22(26-23)30-18-10-7-6-8-11-18/h6-17,24H,1-5H3/b15-14+/t17-/m0/s1. The first-order valence-electron chi connectivity index (χ1n) is 10.1. The molecule has 0 bridgehead atoms. The molecule has 0 spiro atoms. The number of benzene rings is 2. The van der Waals surface area contributed by atoms with Crippen molar-refractivity contribution in [3.63, 3.8) is 0 Å². The van der Waals surface area contributed by atoms with E-state index in [0.717, 1.165) is 16.6 Å². The lowest BCUT2D eigenvalue weighted by Gasteiger charge is -2.23. The summed E-state index contributed by atoms with van der Waals surface area (Å²) in [6, 6.07) is 15.2. The minimum atomic E-state index is -3.20. The maximum Gasteiger partial charge on any atom is 0.234 e.